The molecule has 0 aromatic heterocycles. The summed E-state index contributed by atoms with van der Waals surface area (Å²) in [6.45, 7) is 4.00. The number of hydrogen-bond donors (Lipinski definition) is 0. The second kappa shape index (κ2) is 13.3. The summed E-state index contributed by atoms with van der Waals surface area (Å²) in [5.41, 5.74) is 2.75. The summed E-state index contributed by atoms with van der Waals surface area (Å²) < 4.78 is 38.9. The largest absolute Gasteiger partial charge is 0.640 e. The van der Waals surface area contributed by atoms with E-state index < -0.39 is 13.5 Å². The minimum absolute atomic E-state index is 0.317. The maximum atomic E-state index is 6.02. The minimum Gasteiger partial charge on any atom is -0.536 e. The van der Waals surface area contributed by atoms with Gasteiger partial charge in [-0.1, -0.05) is 98.9 Å². The van der Waals surface area contributed by atoms with E-state index in [1.165, 1.54) is 0 Å². The Morgan fingerprint density at radius 2 is 0.571 bits per heavy atom. The molecule has 0 N–H and O–H groups in total. The normalized spacial score (nSPS) is 29.5. The lowest BCUT2D eigenvalue weighted by Gasteiger charge is -2.37. The lowest BCUT2D eigenvalue weighted by Crippen LogP contribution is -2.55. The van der Waals surface area contributed by atoms with Crippen LogP contribution in [-0.2, 0) is 28.5 Å². The van der Waals surface area contributed by atoms with E-state index in [1.54, 1.807) is 65.8 Å². The second-order valence-electron chi connectivity index (χ2n) is 9.38. The van der Waals surface area contributed by atoms with Crippen molar-refractivity contribution in [1.29, 1.82) is 0 Å². The highest BCUT2D eigenvalue weighted by atomic mass is 79.9. The Bertz CT molecular complexity index is 1330. The molecule has 0 fully saturated rings. The number of hydrogen-bond acceptors (Lipinski definition) is 12. The average molecular weight is 834 g/mol. The predicted molar refractivity (Wildman–Crippen MR) is 180 cm³/mol. The molecule has 0 atom stereocenters. The molecule has 3 aliphatic rings. The third kappa shape index (κ3) is 7.44. The molecule has 0 aliphatic carbocycles. The van der Waals surface area contributed by atoms with Crippen molar-refractivity contribution in [2.75, 3.05) is 0 Å². The standard InChI is InChI=1S/C24H24B2Br4N6O6/c1-13-14(2)32-38-26(20-9-23(29)12-24(30)10-20)41-35-17(5)15(3)33-39-25(37-31-13,19-7-21(27)11-22(28)8-19)40-34-16(4)18(6)36-42-26/h7-12H,1-6H3/q-2/b31-13+,32-14+,33-15+,34-16+,35-17+,36-18?. The Kier molecular flexibility index (Phi) is 10.2. The molecular weight excluding hydrogens is 810 g/mol. The highest BCUT2D eigenvalue weighted by Crippen LogP contribution is 2.24. The molecule has 0 amide bonds. The van der Waals surface area contributed by atoms with E-state index in [9.17, 15) is 0 Å². The van der Waals surface area contributed by atoms with Crippen LogP contribution in [0.4, 0.5) is 0 Å². The molecule has 222 valence electrons. The van der Waals surface area contributed by atoms with Crippen LogP contribution in [0.15, 0.2) is 85.2 Å². The Morgan fingerprint density at radius 1 is 0.381 bits per heavy atom. The summed E-state index contributed by atoms with van der Waals surface area (Å²) in [7, 11) is 0. The van der Waals surface area contributed by atoms with Gasteiger partial charge in [-0.2, -0.15) is 0 Å². The molecule has 2 bridgehead atoms. The maximum Gasteiger partial charge on any atom is 0.640 e. The van der Waals surface area contributed by atoms with E-state index in [2.05, 4.69) is 94.7 Å². The van der Waals surface area contributed by atoms with Gasteiger partial charge < -0.3 is 28.5 Å². The van der Waals surface area contributed by atoms with E-state index in [1.807, 2.05) is 12.1 Å². The number of nitrogens with zero attached hydrogens (tertiary/aromatic N) is 6. The Morgan fingerprint density at radius 3 is 0.762 bits per heavy atom. The molecular formula is C24H24B2Br4N6O6-2. The van der Waals surface area contributed by atoms with Crippen LogP contribution in [0.3, 0.4) is 0 Å². The average Bonchev–Trinajstić information content (AvgIpc) is 2.93. The van der Waals surface area contributed by atoms with Crippen LogP contribution in [0.25, 0.3) is 0 Å². The van der Waals surface area contributed by atoms with Crippen LogP contribution in [-0.4, -0.2) is 47.8 Å². The quantitative estimate of drug-likeness (QED) is 0.336. The van der Waals surface area contributed by atoms with Gasteiger partial charge in [0, 0.05) is 17.9 Å². The summed E-state index contributed by atoms with van der Waals surface area (Å²) in [5, 5.41) is 25.7. The predicted octanol–water partition coefficient (Wildman–Crippen LogP) is 6.11. The maximum absolute atomic E-state index is 6.02. The number of rotatable bonds is 2. The van der Waals surface area contributed by atoms with Crippen molar-refractivity contribution >= 4 is 122 Å². The fourth-order valence-electron chi connectivity index (χ4n) is 3.33. The molecule has 0 unspecified atom stereocenters. The number of oxime groups is 6. The lowest BCUT2D eigenvalue weighted by molar-refractivity contribution is 0.0769. The molecule has 0 radical (unpaired) electrons. The van der Waals surface area contributed by atoms with Crippen LogP contribution in [0, 0.1) is 0 Å². The fraction of sp³-hybridized carbons (Fsp3) is 0.250. The third-order valence-corrected chi connectivity index (χ3v) is 7.96. The molecule has 0 saturated carbocycles. The van der Waals surface area contributed by atoms with E-state index in [-0.39, 0.29) is 0 Å². The molecule has 42 heavy (non-hydrogen) atoms. The minimum atomic E-state index is -2.99. The van der Waals surface area contributed by atoms with Crippen LogP contribution in [0.5, 0.6) is 0 Å². The van der Waals surface area contributed by atoms with Gasteiger partial charge in [0.2, 0.25) is 0 Å². The third-order valence-electron chi connectivity index (χ3n) is 6.13. The first-order valence-corrected chi connectivity index (χ1v) is 15.6. The first-order valence-electron chi connectivity index (χ1n) is 12.4. The number of halogens is 4. The molecule has 18 heteroatoms. The van der Waals surface area contributed by atoms with Gasteiger partial charge in [-0.15, -0.1) is 30.9 Å². The SMILES string of the molecule is CC1=NO[B-]2(c3cc(Br)cc(Br)c3)O/N=C(C)/C(C)=N/O[B-](c3cc(Br)cc(Br)c3)(O/N=C/1C)O/N=C(C)/C(C)=N/O2. The van der Waals surface area contributed by atoms with Crippen molar-refractivity contribution in [1.82, 2.24) is 0 Å². The van der Waals surface area contributed by atoms with Gasteiger partial charge in [0.1, 0.15) is 0 Å². The van der Waals surface area contributed by atoms with E-state index in [0.717, 1.165) is 0 Å². The second-order valence-corrected chi connectivity index (χ2v) is 13.0. The van der Waals surface area contributed by atoms with Gasteiger partial charge in [0.15, 0.2) is 0 Å². The number of fused-ring (bicyclic) bond motifs is 9. The zero-order valence-corrected chi connectivity index (χ0v) is 29.6. The zero-order chi connectivity index (χ0) is 30.7. The summed E-state index contributed by atoms with van der Waals surface area (Å²) >= 11 is 14.0. The van der Waals surface area contributed by atoms with Crippen molar-refractivity contribution in [3.63, 3.8) is 0 Å². The van der Waals surface area contributed by atoms with Crippen LogP contribution >= 0.6 is 63.7 Å². The smallest absolute Gasteiger partial charge is 0.536 e. The first-order chi connectivity index (χ1) is 19.8. The van der Waals surface area contributed by atoms with E-state index >= 15 is 0 Å². The van der Waals surface area contributed by atoms with Gasteiger partial charge in [-0.25, -0.2) is 0 Å². The highest BCUT2D eigenvalue weighted by Gasteiger charge is 2.43. The Balaban J connectivity index is 2.03. The Labute approximate surface area is 276 Å². The van der Waals surface area contributed by atoms with Crippen LogP contribution < -0.4 is 10.9 Å². The van der Waals surface area contributed by atoms with E-state index in [4.69, 9.17) is 28.5 Å². The van der Waals surface area contributed by atoms with Gasteiger partial charge in [0.25, 0.3) is 0 Å². The lowest BCUT2D eigenvalue weighted by atomic mass is 9.70. The van der Waals surface area contributed by atoms with Gasteiger partial charge in [-0.3, -0.25) is 0 Å². The molecule has 2 aromatic rings. The zero-order valence-electron chi connectivity index (χ0n) is 23.3. The molecule has 2 aromatic carbocycles. The monoisotopic (exact) mass is 830 g/mol. The molecule has 0 saturated heterocycles. The molecule has 3 aliphatic heterocycles. The summed E-state index contributed by atoms with van der Waals surface area (Å²) in [5.74, 6) is 0. The molecule has 5 rings (SSSR count). The van der Waals surface area contributed by atoms with Gasteiger partial charge >= 0.3 is 13.5 Å². The summed E-state index contributed by atoms with van der Waals surface area (Å²) in [6.07, 6.45) is 0. The molecule has 12 nitrogen and oxygen atoms in total. The topological polar surface area (TPSA) is 130 Å². The van der Waals surface area contributed by atoms with E-state index in [0.29, 0.717) is 63.1 Å². The van der Waals surface area contributed by atoms with Gasteiger partial charge in [-0.05, 0) is 53.7 Å². The van der Waals surface area contributed by atoms with Crippen molar-refractivity contribution in [2.45, 2.75) is 41.5 Å². The Hall–Kier alpha value is -2.69. The van der Waals surface area contributed by atoms with Gasteiger partial charge in [0.05, 0.1) is 34.3 Å². The van der Waals surface area contributed by atoms with Crippen molar-refractivity contribution in [2.24, 2.45) is 30.9 Å². The highest BCUT2D eigenvalue weighted by molar-refractivity contribution is 9.11. The summed E-state index contributed by atoms with van der Waals surface area (Å²) in [6, 6.07) is 10.6. The van der Waals surface area contributed by atoms with Crippen molar-refractivity contribution < 1.29 is 28.5 Å². The summed E-state index contributed by atoms with van der Waals surface area (Å²) in [4.78, 5) is 0. The first kappa shape index (κ1) is 32.2. The molecule has 0 spiro atoms. The van der Waals surface area contributed by atoms with Crippen molar-refractivity contribution in [3.8, 4) is 0 Å². The number of benzene rings is 2. The fourth-order valence-corrected chi connectivity index (χ4v) is 5.98. The van der Waals surface area contributed by atoms with Crippen LogP contribution in [0.2, 0.25) is 0 Å². The molecule has 3 heterocycles. The van der Waals surface area contributed by atoms with Crippen LogP contribution in [0.1, 0.15) is 41.5 Å². The van der Waals surface area contributed by atoms with Crippen molar-refractivity contribution in [3.05, 3.63) is 54.3 Å².